The van der Waals surface area contributed by atoms with E-state index in [-0.39, 0.29) is 5.75 Å². The monoisotopic (exact) mass is 256 g/mol. The zero-order valence-electron chi connectivity index (χ0n) is 11.3. The van der Waals surface area contributed by atoms with Crippen molar-refractivity contribution in [1.29, 1.82) is 0 Å². The molecule has 0 aliphatic heterocycles. The molecule has 3 nitrogen and oxygen atoms in total. The second-order valence-electron chi connectivity index (χ2n) is 5.61. The third kappa shape index (κ3) is 2.50. The molecule has 2 N–H and O–H groups in total. The highest BCUT2D eigenvalue weighted by molar-refractivity contribution is 5.92. The van der Waals surface area contributed by atoms with E-state index in [9.17, 15) is 5.11 Å². The molecule has 0 amide bonds. The number of nitrogens with one attached hydrogen (secondary N) is 1. The van der Waals surface area contributed by atoms with E-state index >= 15 is 0 Å². The average Bonchev–Trinajstić information content (AvgIpc) is 2.82. The van der Waals surface area contributed by atoms with E-state index in [1.54, 1.807) is 12.1 Å². The molecular weight excluding hydrogens is 236 g/mol. The Morgan fingerprint density at radius 1 is 1.32 bits per heavy atom. The highest BCUT2D eigenvalue weighted by atomic mass is 16.3. The number of hydrogen-bond acceptors (Lipinski definition) is 3. The first kappa shape index (κ1) is 12.3. The number of aromatic nitrogens is 1. The number of anilines is 1. The maximum absolute atomic E-state index is 9.62. The van der Waals surface area contributed by atoms with Gasteiger partial charge in [-0.05, 0) is 41.8 Å². The molecule has 0 bridgehead atoms. The zero-order chi connectivity index (χ0) is 13.2. The van der Waals surface area contributed by atoms with Crippen LogP contribution < -0.4 is 5.32 Å². The van der Waals surface area contributed by atoms with Crippen LogP contribution in [0.15, 0.2) is 30.5 Å². The molecule has 1 aromatic heterocycles. The Balaban J connectivity index is 1.82. The van der Waals surface area contributed by atoms with Crippen LogP contribution in [0.5, 0.6) is 5.75 Å². The summed E-state index contributed by atoms with van der Waals surface area (Å²) >= 11 is 0. The standard InChI is InChI=1S/C16H20N2O/c1-11-3-2-4-13(11)10-18-16-15-9-14(19)6-5-12(15)7-8-17-16/h5-9,11,13,19H,2-4,10H2,1H3,(H,17,18). The Hall–Kier alpha value is -1.77. The van der Waals surface area contributed by atoms with Gasteiger partial charge in [0.05, 0.1) is 0 Å². The minimum absolute atomic E-state index is 0.290. The summed E-state index contributed by atoms with van der Waals surface area (Å²) in [5.74, 6) is 2.72. The van der Waals surface area contributed by atoms with Crippen LogP contribution in [0, 0.1) is 11.8 Å². The van der Waals surface area contributed by atoms with Crippen molar-refractivity contribution < 1.29 is 5.11 Å². The molecule has 1 heterocycles. The zero-order valence-corrected chi connectivity index (χ0v) is 11.3. The number of rotatable bonds is 3. The molecule has 0 saturated heterocycles. The fourth-order valence-corrected chi connectivity index (χ4v) is 3.05. The third-order valence-corrected chi connectivity index (χ3v) is 4.32. The van der Waals surface area contributed by atoms with Crippen molar-refractivity contribution in [2.75, 3.05) is 11.9 Å². The van der Waals surface area contributed by atoms with E-state index in [2.05, 4.69) is 17.2 Å². The number of aromatic hydroxyl groups is 1. The highest BCUT2D eigenvalue weighted by Crippen LogP contribution is 2.32. The van der Waals surface area contributed by atoms with Gasteiger partial charge in [-0.2, -0.15) is 0 Å². The first-order valence-corrected chi connectivity index (χ1v) is 7.05. The van der Waals surface area contributed by atoms with Gasteiger partial charge in [-0.15, -0.1) is 0 Å². The van der Waals surface area contributed by atoms with E-state index in [1.807, 2.05) is 18.3 Å². The lowest BCUT2D eigenvalue weighted by Gasteiger charge is -2.17. The maximum Gasteiger partial charge on any atom is 0.133 e. The largest absolute Gasteiger partial charge is 0.508 e. The van der Waals surface area contributed by atoms with Gasteiger partial charge in [0.1, 0.15) is 11.6 Å². The van der Waals surface area contributed by atoms with Crippen LogP contribution in [-0.4, -0.2) is 16.6 Å². The smallest absolute Gasteiger partial charge is 0.133 e. The Morgan fingerprint density at radius 2 is 2.21 bits per heavy atom. The molecule has 0 spiro atoms. The molecule has 1 aliphatic carbocycles. The number of phenols is 1. The lowest BCUT2D eigenvalue weighted by Crippen LogP contribution is -2.17. The number of benzene rings is 1. The number of fused-ring (bicyclic) bond motifs is 1. The van der Waals surface area contributed by atoms with Gasteiger partial charge in [0, 0.05) is 18.1 Å². The van der Waals surface area contributed by atoms with Crippen molar-refractivity contribution in [1.82, 2.24) is 4.98 Å². The fourth-order valence-electron chi connectivity index (χ4n) is 3.05. The Bertz CT molecular complexity index is 582. The molecular formula is C16H20N2O. The van der Waals surface area contributed by atoms with Crippen molar-refractivity contribution >= 4 is 16.6 Å². The van der Waals surface area contributed by atoms with Crippen LogP contribution in [0.4, 0.5) is 5.82 Å². The summed E-state index contributed by atoms with van der Waals surface area (Å²) in [6, 6.07) is 7.39. The van der Waals surface area contributed by atoms with E-state index < -0.39 is 0 Å². The van der Waals surface area contributed by atoms with Crippen molar-refractivity contribution in [3.63, 3.8) is 0 Å². The average molecular weight is 256 g/mol. The van der Waals surface area contributed by atoms with Gasteiger partial charge >= 0.3 is 0 Å². The van der Waals surface area contributed by atoms with Crippen LogP contribution in [-0.2, 0) is 0 Å². The maximum atomic E-state index is 9.62. The van der Waals surface area contributed by atoms with Gasteiger partial charge in [0.15, 0.2) is 0 Å². The topological polar surface area (TPSA) is 45.2 Å². The van der Waals surface area contributed by atoms with Crippen LogP contribution >= 0.6 is 0 Å². The summed E-state index contributed by atoms with van der Waals surface area (Å²) in [6.07, 6.45) is 5.82. The number of phenolic OH excluding ortho intramolecular Hbond substituents is 1. The third-order valence-electron chi connectivity index (χ3n) is 4.32. The molecule has 3 rings (SSSR count). The lowest BCUT2D eigenvalue weighted by atomic mass is 9.98. The minimum Gasteiger partial charge on any atom is -0.508 e. The quantitative estimate of drug-likeness (QED) is 0.878. The van der Waals surface area contributed by atoms with E-state index in [0.717, 1.165) is 35.0 Å². The summed E-state index contributed by atoms with van der Waals surface area (Å²) in [7, 11) is 0. The number of hydrogen-bond donors (Lipinski definition) is 2. The Kier molecular flexibility index (Phi) is 3.28. The van der Waals surface area contributed by atoms with Gasteiger partial charge < -0.3 is 10.4 Å². The molecule has 1 aliphatic rings. The first-order chi connectivity index (χ1) is 9.24. The molecule has 0 radical (unpaired) electrons. The summed E-state index contributed by atoms with van der Waals surface area (Å²) < 4.78 is 0. The van der Waals surface area contributed by atoms with Crippen molar-refractivity contribution in [3.05, 3.63) is 30.5 Å². The van der Waals surface area contributed by atoms with E-state index in [0.29, 0.717) is 0 Å². The number of pyridine rings is 1. The molecule has 2 aromatic rings. The predicted molar refractivity (Wildman–Crippen MR) is 78.4 cm³/mol. The van der Waals surface area contributed by atoms with Crippen molar-refractivity contribution in [2.45, 2.75) is 26.2 Å². The second kappa shape index (κ2) is 5.08. The van der Waals surface area contributed by atoms with Gasteiger partial charge in [-0.25, -0.2) is 4.98 Å². The van der Waals surface area contributed by atoms with Crippen LogP contribution in [0.25, 0.3) is 10.8 Å². The molecule has 1 fully saturated rings. The fraction of sp³-hybridized carbons (Fsp3) is 0.438. The van der Waals surface area contributed by atoms with E-state index in [4.69, 9.17) is 0 Å². The van der Waals surface area contributed by atoms with Gasteiger partial charge in [-0.1, -0.05) is 25.8 Å². The number of nitrogens with zero attached hydrogens (tertiary/aromatic N) is 1. The highest BCUT2D eigenvalue weighted by Gasteiger charge is 2.23. The van der Waals surface area contributed by atoms with Crippen molar-refractivity contribution in [3.8, 4) is 5.75 Å². The second-order valence-corrected chi connectivity index (χ2v) is 5.61. The molecule has 2 atom stereocenters. The van der Waals surface area contributed by atoms with Gasteiger partial charge in [0.2, 0.25) is 0 Å². The van der Waals surface area contributed by atoms with Gasteiger partial charge in [-0.3, -0.25) is 0 Å². The summed E-state index contributed by atoms with van der Waals surface area (Å²) in [6.45, 7) is 3.31. The molecule has 1 aromatic carbocycles. The van der Waals surface area contributed by atoms with Crippen LogP contribution in [0.3, 0.4) is 0 Å². The molecule has 3 heteroatoms. The lowest BCUT2D eigenvalue weighted by molar-refractivity contribution is 0.439. The minimum atomic E-state index is 0.290. The first-order valence-electron chi connectivity index (χ1n) is 7.05. The summed E-state index contributed by atoms with van der Waals surface area (Å²) in [5.41, 5.74) is 0. The van der Waals surface area contributed by atoms with E-state index in [1.165, 1.54) is 19.3 Å². The Labute approximate surface area is 113 Å². The Morgan fingerprint density at radius 3 is 3.00 bits per heavy atom. The molecule has 2 unspecified atom stereocenters. The van der Waals surface area contributed by atoms with Gasteiger partial charge in [0.25, 0.3) is 0 Å². The molecule has 100 valence electrons. The predicted octanol–water partition coefficient (Wildman–Crippen LogP) is 3.79. The molecule has 19 heavy (non-hydrogen) atoms. The van der Waals surface area contributed by atoms with Crippen LogP contribution in [0.2, 0.25) is 0 Å². The normalized spacial score (nSPS) is 22.8. The summed E-state index contributed by atoms with van der Waals surface area (Å²) in [4.78, 5) is 4.41. The summed E-state index contributed by atoms with van der Waals surface area (Å²) in [5, 5.41) is 15.2. The van der Waals surface area contributed by atoms with Crippen molar-refractivity contribution in [2.24, 2.45) is 11.8 Å². The van der Waals surface area contributed by atoms with Crippen LogP contribution in [0.1, 0.15) is 26.2 Å². The molecule has 1 saturated carbocycles. The SMILES string of the molecule is CC1CCCC1CNc1nccc2ccc(O)cc12.